The molecule has 5 heteroatoms. The number of hydrogen-bond acceptors (Lipinski definition) is 3. The van der Waals surface area contributed by atoms with Crippen molar-refractivity contribution >= 4 is 11.6 Å². The van der Waals surface area contributed by atoms with E-state index in [1.807, 2.05) is 30.3 Å². The Morgan fingerprint density at radius 3 is 2.90 bits per heavy atom. The van der Waals surface area contributed by atoms with Crippen LogP contribution in [0.15, 0.2) is 36.5 Å². The summed E-state index contributed by atoms with van der Waals surface area (Å²) in [4.78, 5) is 12.2. The van der Waals surface area contributed by atoms with Crippen molar-refractivity contribution in [3.63, 3.8) is 0 Å². The summed E-state index contributed by atoms with van der Waals surface area (Å²) in [7, 11) is 1.69. The van der Waals surface area contributed by atoms with Gasteiger partial charge in [0, 0.05) is 24.6 Å². The topological polar surface area (TPSA) is 67.0 Å². The van der Waals surface area contributed by atoms with Crippen LogP contribution in [0.3, 0.4) is 0 Å². The third kappa shape index (κ3) is 2.97. The summed E-state index contributed by atoms with van der Waals surface area (Å²) >= 11 is 0. The van der Waals surface area contributed by atoms with Gasteiger partial charge >= 0.3 is 0 Å². The van der Waals surface area contributed by atoms with E-state index in [9.17, 15) is 4.79 Å². The third-order valence-corrected chi connectivity index (χ3v) is 4.14. The Hall–Kier alpha value is -2.14. The van der Waals surface area contributed by atoms with Crippen molar-refractivity contribution in [3.8, 4) is 11.3 Å². The molecule has 3 rings (SSSR count). The Labute approximate surface area is 123 Å². The molecule has 1 fully saturated rings. The van der Waals surface area contributed by atoms with Crippen LogP contribution in [0.1, 0.15) is 25.7 Å². The van der Waals surface area contributed by atoms with Crippen LogP contribution in [0.4, 0.5) is 5.69 Å². The summed E-state index contributed by atoms with van der Waals surface area (Å²) in [6.07, 6.45) is 5.18. The summed E-state index contributed by atoms with van der Waals surface area (Å²) in [5.74, 6) is -0.00156. The average molecular weight is 285 g/mol. The zero-order valence-corrected chi connectivity index (χ0v) is 12.1. The maximum atomic E-state index is 12.2. The van der Waals surface area contributed by atoms with Gasteiger partial charge in [0.1, 0.15) is 0 Å². The third-order valence-electron chi connectivity index (χ3n) is 4.14. The molecule has 110 valence electrons. The molecule has 1 aliphatic carbocycles. The number of ether oxygens (including phenoxy) is 1. The van der Waals surface area contributed by atoms with E-state index < -0.39 is 0 Å². The van der Waals surface area contributed by atoms with Crippen LogP contribution in [0.5, 0.6) is 0 Å². The summed E-state index contributed by atoms with van der Waals surface area (Å²) in [6, 6.07) is 9.62. The number of benzene rings is 1. The van der Waals surface area contributed by atoms with Crippen molar-refractivity contribution in [2.75, 3.05) is 12.4 Å². The fraction of sp³-hybridized carbons (Fsp3) is 0.375. The molecule has 0 bridgehead atoms. The molecular weight excluding hydrogens is 266 g/mol. The summed E-state index contributed by atoms with van der Waals surface area (Å²) in [5, 5.41) is 9.80. The lowest BCUT2D eigenvalue weighted by atomic mass is 9.77. The van der Waals surface area contributed by atoms with E-state index in [0.29, 0.717) is 6.42 Å². The van der Waals surface area contributed by atoms with E-state index in [-0.39, 0.29) is 11.5 Å². The van der Waals surface area contributed by atoms with Crippen LogP contribution in [0, 0.1) is 0 Å². The van der Waals surface area contributed by atoms with Crippen molar-refractivity contribution in [2.45, 2.75) is 31.3 Å². The predicted molar refractivity (Wildman–Crippen MR) is 80.9 cm³/mol. The first-order chi connectivity index (χ1) is 10.2. The molecule has 0 aliphatic heterocycles. The van der Waals surface area contributed by atoms with Gasteiger partial charge in [-0.15, -0.1) is 0 Å². The van der Waals surface area contributed by atoms with E-state index >= 15 is 0 Å². The molecule has 1 heterocycles. The van der Waals surface area contributed by atoms with Crippen molar-refractivity contribution in [1.29, 1.82) is 0 Å². The number of aromatic nitrogens is 2. The van der Waals surface area contributed by atoms with Gasteiger partial charge in [0.2, 0.25) is 5.91 Å². The molecule has 2 aromatic rings. The molecule has 0 atom stereocenters. The SMILES string of the molecule is COC1(CC(=O)Nc2cccc(-c3ccn[nH]3)c2)CCC1. The Balaban J connectivity index is 1.67. The van der Waals surface area contributed by atoms with Gasteiger partial charge < -0.3 is 10.1 Å². The molecule has 1 aromatic heterocycles. The van der Waals surface area contributed by atoms with Crippen LogP contribution in [-0.4, -0.2) is 28.8 Å². The molecule has 0 saturated heterocycles. The van der Waals surface area contributed by atoms with Crippen molar-refractivity contribution in [1.82, 2.24) is 10.2 Å². The highest BCUT2D eigenvalue weighted by atomic mass is 16.5. The smallest absolute Gasteiger partial charge is 0.227 e. The number of anilines is 1. The Bertz CT molecular complexity index is 613. The zero-order valence-electron chi connectivity index (χ0n) is 12.1. The minimum absolute atomic E-state index is 0.00156. The van der Waals surface area contributed by atoms with E-state index in [2.05, 4.69) is 15.5 Å². The fourth-order valence-electron chi connectivity index (χ4n) is 2.70. The molecule has 1 amide bonds. The molecule has 1 saturated carbocycles. The first kappa shape index (κ1) is 13.8. The molecule has 2 N–H and O–H groups in total. The lowest BCUT2D eigenvalue weighted by Gasteiger charge is -2.39. The average Bonchev–Trinajstić information content (AvgIpc) is 2.97. The molecule has 1 aromatic carbocycles. The molecular formula is C16H19N3O2. The summed E-state index contributed by atoms with van der Waals surface area (Å²) < 4.78 is 5.49. The van der Waals surface area contributed by atoms with Crippen LogP contribution < -0.4 is 5.32 Å². The second kappa shape index (κ2) is 5.69. The number of amides is 1. The minimum atomic E-state index is -0.245. The van der Waals surface area contributed by atoms with Crippen LogP contribution in [0.25, 0.3) is 11.3 Å². The van der Waals surface area contributed by atoms with E-state index in [1.54, 1.807) is 13.3 Å². The normalized spacial score (nSPS) is 16.2. The van der Waals surface area contributed by atoms with Crippen molar-refractivity contribution in [3.05, 3.63) is 36.5 Å². The molecule has 0 unspecified atom stereocenters. The van der Waals surface area contributed by atoms with Gasteiger partial charge in [0.15, 0.2) is 0 Å². The largest absolute Gasteiger partial charge is 0.378 e. The second-order valence-corrected chi connectivity index (χ2v) is 5.52. The van der Waals surface area contributed by atoms with E-state index in [4.69, 9.17) is 4.74 Å². The number of rotatable bonds is 5. The number of nitrogens with one attached hydrogen (secondary N) is 2. The summed E-state index contributed by atoms with van der Waals surface area (Å²) in [5.41, 5.74) is 2.47. The van der Waals surface area contributed by atoms with Gasteiger partial charge in [-0.1, -0.05) is 12.1 Å². The van der Waals surface area contributed by atoms with E-state index in [0.717, 1.165) is 36.2 Å². The second-order valence-electron chi connectivity index (χ2n) is 5.52. The van der Waals surface area contributed by atoms with Gasteiger partial charge in [0.25, 0.3) is 0 Å². The highest BCUT2D eigenvalue weighted by Gasteiger charge is 2.38. The maximum Gasteiger partial charge on any atom is 0.227 e. The van der Waals surface area contributed by atoms with Gasteiger partial charge in [-0.2, -0.15) is 5.10 Å². The molecule has 21 heavy (non-hydrogen) atoms. The standard InChI is InChI=1S/C16H19N3O2/c1-21-16(7-3-8-16)11-15(20)18-13-5-2-4-12(10-13)14-6-9-17-19-14/h2,4-6,9-10H,3,7-8,11H2,1H3,(H,17,19)(H,18,20). The number of methoxy groups -OCH3 is 1. The lowest BCUT2D eigenvalue weighted by molar-refractivity contribution is -0.129. The maximum absolute atomic E-state index is 12.2. The molecule has 0 radical (unpaired) electrons. The van der Waals surface area contributed by atoms with Gasteiger partial charge in [-0.05, 0) is 37.5 Å². The molecule has 0 spiro atoms. The number of nitrogens with zero attached hydrogens (tertiary/aromatic N) is 1. The van der Waals surface area contributed by atoms with Gasteiger partial charge in [0.05, 0.1) is 17.7 Å². The number of H-pyrrole nitrogens is 1. The highest BCUT2D eigenvalue weighted by Crippen LogP contribution is 2.38. The van der Waals surface area contributed by atoms with Gasteiger partial charge in [-0.3, -0.25) is 9.89 Å². The number of hydrogen-bond donors (Lipinski definition) is 2. The Kier molecular flexibility index (Phi) is 3.75. The number of carbonyl (C=O) groups is 1. The lowest BCUT2D eigenvalue weighted by Crippen LogP contribution is -2.42. The predicted octanol–water partition coefficient (Wildman–Crippen LogP) is 2.97. The number of carbonyl (C=O) groups excluding carboxylic acids is 1. The number of aromatic amines is 1. The summed E-state index contributed by atoms with van der Waals surface area (Å²) in [6.45, 7) is 0. The Morgan fingerprint density at radius 2 is 2.29 bits per heavy atom. The van der Waals surface area contributed by atoms with Crippen LogP contribution in [0.2, 0.25) is 0 Å². The first-order valence-corrected chi connectivity index (χ1v) is 7.16. The van der Waals surface area contributed by atoms with Crippen LogP contribution >= 0.6 is 0 Å². The first-order valence-electron chi connectivity index (χ1n) is 7.16. The Morgan fingerprint density at radius 1 is 1.43 bits per heavy atom. The van der Waals surface area contributed by atoms with Crippen molar-refractivity contribution < 1.29 is 9.53 Å². The van der Waals surface area contributed by atoms with Gasteiger partial charge in [-0.25, -0.2) is 0 Å². The quantitative estimate of drug-likeness (QED) is 0.887. The monoisotopic (exact) mass is 285 g/mol. The van der Waals surface area contributed by atoms with E-state index in [1.165, 1.54) is 0 Å². The molecule has 1 aliphatic rings. The zero-order chi connectivity index (χ0) is 14.7. The highest BCUT2D eigenvalue weighted by molar-refractivity contribution is 5.92. The molecule has 5 nitrogen and oxygen atoms in total. The minimum Gasteiger partial charge on any atom is -0.378 e. The van der Waals surface area contributed by atoms with Crippen molar-refractivity contribution in [2.24, 2.45) is 0 Å². The van der Waals surface area contributed by atoms with Crippen LogP contribution in [-0.2, 0) is 9.53 Å². The fourth-order valence-corrected chi connectivity index (χ4v) is 2.70.